The summed E-state index contributed by atoms with van der Waals surface area (Å²) in [6.45, 7) is 6.99. The van der Waals surface area contributed by atoms with Crippen LogP contribution in [0.15, 0.2) is 29.2 Å². The number of hydrogen-bond acceptors (Lipinski definition) is 1. The molecule has 0 N–H and O–H groups in total. The van der Waals surface area contributed by atoms with Crippen molar-refractivity contribution in [3.05, 3.63) is 29.8 Å². The molecule has 2 atom stereocenters. The van der Waals surface area contributed by atoms with Crippen molar-refractivity contribution >= 4 is 12.6 Å². The van der Waals surface area contributed by atoms with Crippen LogP contribution in [-0.4, -0.2) is 0 Å². The molecule has 0 amide bonds. The Morgan fingerprint density at radius 1 is 1.00 bits per heavy atom. The van der Waals surface area contributed by atoms with Gasteiger partial charge >= 0.3 is 0 Å². The average molecular weight is 250 g/mol. The Morgan fingerprint density at radius 3 is 2.24 bits per heavy atom. The number of hydrogen-bond donors (Lipinski definition) is 1. The smallest absolute Gasteiger partial charge is 0.00401 e. The minimum atomic E-state index is 0.674. The van der Waals surface area contributed by atoms with E-state index in [-0.39, 0.29) is 0 Å². The lowest BCUT2D eigenvalue weighted by molar-refractivity contribution is 0.439. The molecule has 0 saturated carbocycles. The molecule has 1 heteroatoms. The lowest BCUT2D eigenvalue weighted by atomic mass is 9.90. The second kappa shape index (κ2) is 7.81. The zero-order valence-electron chi connectivity index (χ0n) is 11.4. The Hall–Kier alpha value is -0.430. The highest BCUT2D eigenvalue weighted by Crippen LogP contribution is 2.25. The second-order valence-electron chi connectivity index (χ2n) is 5.32. The Labute approximate surface area is 112 Å². The Kier molecular flexibility index (Phi) is 6.72. The van der Waals surface area contributed by atoms with E-state index in [9.17, 15) is 0 Å². The van der Waals surface area contributed by atoms with Gasteiger partial charge in [-0.25, -0.2) is 0 Å². The summed E-state index contributed by atoms with van der Waals surface area (Å²) in [5.41, 5.74) is 1.45. The lowest BCUT2D eigenvalue weighted by Gasteiger charge is -2.15. The van der Waals surface area contributed by atoms with Crippen molar-refractivity contribution in [2.75, 3.05) is 0 Å². The van der Waals surface area contributed by atoms with E-state index >= 15 is 0 Å². The zero-order chi connectivity index (χ0) is 12.7. The summed E-state index contributed by atoms with van der Waals surface area (Å²) in [5.74, 6) is 1.55. The van der Waals surface area contributed by atoms with E-state index in [0.717, 1.165) is 10.8 Å². The van der Waals surface area contributed by atoms with Crippen LogP contribution in [0.25, 0.3) is 0 Å². The van der Waals surface area contributed by atoms with Crippen molar-refractivity contribution in [1.29, 1.82) is 0 Å². The molecule has 0 saturated heterocycles. The van der Waals surface area contributed by atoms with Gasteiger partial charge in [0.2, 0.25) is 0 Å². The van der Waals surface area contributed by atoms with Crippen molar-refractivity contribution in [1.82, 2.24) is 0 Å². The monoisotopic (exact) mass is 250 g/mol. The first-order valence-corrected chi connectivity index (χ1v) is 7.37. The van der Waals surface area contributed by atoms with E-state index in [4.69, 9.17) is 0 Å². The van der Waals surface area contributed by atoms with Crippen LogP contribution in [0.1, 0.15) is 64.4 Å². The van der Waals surface area contributed by atoms with E-state index in [1.54, 1.807) is 0 Å². The maximum Gasteiger partial charge on any atom is 0.00401 e. The zero-order valence-corrected chi connectivity index (χ0v) is 12.3. The number of rotatable bonds is 7. The van der Waals surface area contributed by atoms with Gasteiger partial charge in [-0.1, -0.05) is 58.6 Å². The number of unbranched alkanes of at least 4 members (excludes halogenated alkanes) is 1. The van der Waals surface area contributed by atoms with Crippen molar-refractivity contribution in [2.24, 2.45) is 5.92 Å². The highest BCUT2D eigenvalue weighted by Gasteiger charge is 2.08. The molecule has 1 rings (SSSR count). The molecule has 1 aromatic carbocycles. The third-order valence-electron chi connectivity index (χ3n) is 3.61. The van der Waals surface area contributed by atoms with Gasteiger partial charge in [-0.2, -0.15) is 0 Å². The van der Waals surface area contributed by atoms with Gasteiger partial charge < -0.3 is 0 Å². The van der Waals surface area contributed by atoms with Crippen molar-refractivity contribution in [3.8, 4) is 0 Å². The van der Waals surface area contributed by atoms with E-state index in [0.29, 0.717) is 5.92 Å². The van der Waals surface area contributed by atoms with Gasteiger partial charge in [0.1, 0.15) is 0 Å². The molecule has 2 unspecified atom stereocenters. The van der Waals surface area contributed by atoms with Gasteiger partial charge in [-0.05, 0) is 36.0 Å². The SMILES string of the molecule is CCCCC(C)CCC(C)c1ccc(S)cc1. The summed E-state index contributed by atoms with van der Waals surface area (Å²) in [5, 5.41) is 0. The van der Waals surface area contributed by atoms with Crippen LogP contribution in [-0.2, 0) is 0 Å². The van der Waals surface area contributed by atoms with Gasteiger partial charge in [-0.3, -0.25) is 0 Å². The molecule has 96 valence electrons. The quantitative estimate of drug-likeness (QED) is 0.591. The van der Waals surface area contributed by atoms with Crippen LogP contribution in [0.2, 0.25) is 0 Å². The van der Waals surface area contributed by atoms with Crippen LogP contribution in [0.4, 0.5) is 0 Å². The van der Waals surface area contributed by atoms with Gasteiger partial charge in [-0.15, -0.1) is 12.6 Å². The predicted molar refractivity (Wildman–Crippen MR) is 80.0 cm³/mol. The topological polar surface area (TPSA) is 0 Å². The van der Waals surface area contributed by atoms with E-state index in [1.807, 2.05) is 0 Å². The van der Waals surface area contributed by atoms with Gasteiger partial charge in [0, 0.05) is 4.90 Å². The molecule has 0 nitrogen and oxygen atoms in total. The molecule has 1 aromatic rings. The Balaban J connectivity index is 2.34. The lowest BCUT2D eigenvalue weighted by Crippen LogP contribution is -1.99. The van der Waals surface area contributed by atoms with Crippen LogP contribution < -0.4 is 0 Å². The molecule has 17 heavy (non-hydrogen) atoms. The maximum atomic E-state index is 4.32. The fourth-order valence-corrected chi connectivity index (χ4v) is 2.35. The summed E-state index contributed by atoms with van der Waals surface area (Å²) in [6.07, 6.45) is 6.74. The third-order valence-corrected chi connectivity index (χ3v) is 3.90. The summed E-state index contributed by atoms with van der Waals surface area (Å²) in [7, 11) is 0. The fraction of sp³-hybridized carbons (Fsp3) is 0.625. The first-order valence-electron chi connectivity index (χ1n) is 6.92. The molecule has 0 aliphatic rings. The van der Waals surface area contributed by atoms with Crippen LogP contribution in [0, 0.1) is 5.92 Å². The molecule has 0 aliphatic heterocycles. The Bertz CT molecular complexity index is 302. The van der Waals surface area contributed by atoms with Crippen LogP contribution >= 0.6 is 12.6 Å². The summed E-state index contributed by atoms with van der Waals surface area (Å²) < 4.78 is 0. The van der Waals surface area contributed by atoms with Crippen LogP contribution in [0.5, 0.6) is 0 Å². The molecule has 0 bridgehead atoms. The van der Waals surface area contributed by atoms with E-state index in [2.05, 4.69) is 57.7 Å². The molecule has 0 aromatic heterocycles. The van der Waals surface area contributed by atoms with Gasteiger partial charge in [0.25, 0.3) is 0 Å². The summed E-state index contributed by atoms with van der Waals surface area (Å²) >= 11 is 4.32. The average Bonchev–Trinajstić information content (AvgIpc) is 2.34. The van der Waals surface area contributed by atoms with Crippen molar-refractivity contribution < 1.29 is 0 Å². The molecule has 0 aliphatic carbocycles. The molecular weight excluding hydrogens is 224 g/mol. The minimum absolute atomic E-state index is 0.674. The molecule has 0 spiro atoms. The fourth-order valence-electron chi connectivity index (χ4n) is 2.20. The van der Waals surface area contributed by atoms with Gasteiger partial charge in [0.15, 0.2) is 0 Å². The largest absolute Gasteiger partial charge is 0.143 e. The minimum Gasteiger partial charge on any atom is -0.143 e. The summed E-state index contributed by atoms with van der Waals surface area (Å²) in [4.78, 5) is 1.05. The van der Waals surface area contributed by atoms with Crippen molar-refractivity contribution in [2.45, 2.75) is 63.7 Å². The number of benzene rings is 1. The highest BCUT2D eigenvalue weighted by molar-refractivity contribution is 7.80. The van der Waals surface area contributed by atoms with E-state index < -0.39 is 0 Å². The first kappa shape index (κ1) is 14.6. The van der Waals surface area contributed by atoms with E-state index in [1.165, 1.54) is 37.7 Å². The number of thiol groups is 1. The van der Waals surface area contributed by atoms with Crippen LogP contribution in [0.3, 0.4) is 0 Å². The molecule has 0 radical (unpaired) electrons. The van der Waals surface area contributed by atoms with Crippen molar-refractivity contribution in [3.63, 3.8) is 0 Å². The highest BCUT2D eigenvalue weighted by atomic mass is 32.1. The second-order valence-corrected chi connectivity index (χ2v) is 5.83. The summed E-state index contributed by atoms with van der Waals surface area (Å²) in [6, 6.07) is 8.61. The normalized spacial score (nSPS) is 14.6. The maximum absolute atomic E-state index is 4.32. The molecule has 0 heterocycles. The standard InChI is InChI=1S/C16H26S/c1-4-5-6-13(2)7-8-14(3)15-9-11-16(17)12-10-15/h9-14,17H,4-8H2,1-3H3. The predicted octanol–water partition coefficient (Wildman–Crippen LogP) is 5.69. The molecule has 0 fully saturated rings. The third kappa shape index (κ3) is 5.63. The van der Waals surface area contributed by atoms with Gasteiger partial charge in [0.05, 0.1) is 0 Å². The Morgan fingerprint density at radius 2 is 1.65 bits per heavy atom. The first-order chi connectivity index (χ1) is 8.13. The molecular formula is C16H26S.